The summed E-state index contributed by atoms with van der Waals surface area (Å²) in [7, 11) is 1.90. The summed E-state index contributed by atoms with van der Waals surface area (Å²) in [5, 5.41) is 4.16. The molecule has 1 aliphatic heterocycles. The molecule has 118 valence electrons. The molecule has 1 aliphatic rings. The van der Waals surface area contributed by atoms with Crippen molar-refractivity contribution in [3.63, 3.8) is 0 Å². The molecule has 1 aromatic heterocycles. The number of likely N-dealkylation sites (tertiary alicyclic amines) is 1. The van der Waals surface area contributed by atoms with Gasteiger partial charge in [-0.2, -0.15) is 5.10 Å². The summed E-state index contributed by atoms with van der Waals surface area (Å²) in [4.78, 5) is 16.8. The van der Waals surface area contributed by atoms with E-state index in [0.29, 0.717) is 19.0 Å². The predicted molar refractivity (Wildman–Crippen MR) is 83.8 cm³/mol. The lowest BCUT2D eigenvalue weighted by Gasteiger charge is -2.25. The van der Waals surface area contributed by atoms with Gasteiger partial charge in [0.1, 0.15) is 0 Å². The zero-order chi connectivity index (χ0) is 15.2. The molecule has 21 heavy (non-hydrogen) atoms. The zero-order valence-electron chi connectivity index (χ0n) is 13.6. The van der Waals surface area contributed by atoms with Crippen LogP contribution in [0.4, 0.5) is 0 Å². The summed E-state index contributed by atoms with van der Waals surface area (Å²) in [6, 6.07) is 0.522. The fourth-order valence-corrected chi connectivity index (χ4v) is 3.01. The van der Waals surface area contributed by atoms with Crippen molar-refractivity contribution in [3.05, 3.63) is 18.0 Å². The molecule has 0 radical (unpaired) electrons. The Balaban J connectivity index is 1.79. The van der Waals surface area contributed by atoms with Gasteiger partial charge < -0.3 is 9.80 Å². The first-order chi connectivity index (χ1) is 10.1. The first-order valence-corrected chi connectivity index (χ1v) is 8.09. The molecular weight excluding hydrogens is 264 g/mol. The maximum absolute atomic E-state index is 12.4. The van der Waals surface area contributed by atoms with Crippen molar-refractivity contribution in [2.75, 3.05) is 19.6 Å². The normalized spacial score (nSPS) is 17.1. The molecule has 1 fully saturated rings. The van der Waals surface area contributed by atoms with E-state index in [9.17, 15) is 4.79 Å². The third-order valence-corrected chi connectivity index (χ3v) is 4.41. The van der Waals surface area contributed by atoms with E-state index in [1.54, 1.807) is 4.68 Å². The van der Waals surface area contributed by atoms with Crippen molar-refractivity contribution >= 4 is 5.91 Å². The van der Waals surface area contributed by atoms with Crippen molar-refractivity contribution in [1.29, 1.82) is 0 Å². The second-order valence-electron chi connectivity index (χ2n) is 6.06. The third kappa shape index (κ3) is 4.56. The molecule has 0 N–H and O–H groups in total. The molecule has 0 saturated carbocycles. The minimum absolute atomic E-state index is 0.257. The highest BCUT2D eigenvalue weighted by Crippen LogP contribution is 2.16. The monoisotopic (exact) mass is 292 g/mol. The highest BCUT2D eigenvalue weighted by atomic mass is 16.2. The average molecular weight is 292 g/mol. The SMILES string of the molecule is CCN(Cc1cnn(C)c1)C(=O)CCC(C)N1CCCC1. The predicted octanol–water partition coefficient (Wildman–Crippen LogP) is 2.03. The van der Waals surface area contributed by atoms with E-state index in [2.05, 4.69) is 16.9 Å². The number of carbonyl (C=O) groups is 1. The number of carbonyl (C=O) groups excluding carboxylic acids is 1. The molecule has 0 aromatic carbocycles. The highest BCUT2D eigenvalue weighted by molar-refractivity contribution is 5.76. The van der Waals surface area contributed by atoms with E-state index >= 15 is 0 Å². The fourth-order valence-electron chi connectivity index (χ4n) is 3.01. The second-order valence-corrected chi connectivity index (χ2v) is 6.06. The molecule has 5 nitrogen and oxygen atoms in total. The molecule has 1 unspecified atom stereocenters. The summed E-state index contributed by atoms with van der Waals surface area (Å²) in [6.45, 7) is 8.10. The van der Waals surface area contributed by atoms with Crippen LogP contribution in [0.5, 0.6) is 0 Å². The van der Waals surface area contributed by atoms with E-state index in [1.807, 2.05) is 31.3 Å². The number of hydrogen-bond donors (Lipinski definition) is 0. The largest absolute Gasteiger partial charge is 0.339 e. The standard InChI is InChI=1S/C16H28N4O/c1-4-19(13-15-11-17-18(3)12-15)16(21)8-7-14(2)20-9-5-6-10-20/h11-12,14H,4-10,13H2,1-3H3. The Kier molecular flexibility index (Phi) is 5.79. The maximum Gasteiger partial charge on any atom is 0.222 e. The van der Waals surface area contributed by atoms with Gasteiger partial charge in [-0.1, -0.05) is 0 Å². The van der Waals surface area contributed by atoms with Gasteiger partial charge in [-0.05, 0) is 46.2 Å². The van der Waals surface area contributed by atoms with Crippen molar-refractivity contribution in [2.45, 2.75) is 52.1 Å². The summed E-state index contributed by atoms with van der Waals surface area (Å²) < 4.78 is 1.78. The Morgan fingerprint density at radius 2 is 2.14 bits per heavy atom. The van der Waals surface area contributed by atoms with Gasteiger partial charge in [0.15, 0.2) is 0 Å². The minimum Gasteiger partial charge on any atom is -0.339 e. The minimum atomic E-state index is 0.257. The van der Waals surface area contributed by atoms with Crippen LogP contribution < -0.4 is 0 Å². The number of aryl methyl sites for hydroxylation is 1. The Morgan fingerprint density at radius 3 is 2.71 bits per heavy atom. The van der Waals surface area contributed by atoms with Crippen molar-refractivity contribution < 1.29 is 4.79 Å². The highest BCUT2D eigenvalue weighted by Gasteiger charge is 2.20. The van der Waals surface area contributed by atoms with Gasteiger partial charge >= 0.3 is 0 Å². The first kappa shape index (κ1) is 16.0. The van der Waals surface area contributed by atoms with E-state index in [-0.39, 0.29) is 5.91 Å². The smallest absolute Gasteiger partial charge is 0.222 e. The van der Waals surface area contributed by atoms with E-state index in [0.717, 1.165) is 18.5 Å². The zero-order valence-corrected chi connectivity index (χ0v) is 13.6. The third-order valence-electron chi connectivity index (χ3n) is 4.41. The number of hydrogen-bond acceptors (Lipinski definition) is 3. The Bertz CT molecular complexity index is 451. The number of rotatable bonds is 7. The van der Waals surface area contributed by atoms with Crippen LogP contribution in [-0.2, 0) is 18.4 Å². The van der Waals surface area contributed by atoms with Crippen LogP contribution in [0, 0.1) is 0 Å². The topological polar surface area (TPSA) is 41.4 Å². The van der Waals surface area contributed by atoms with Crippen LogP contribution in [0.15, 0.2) is 12.4 Å². The van der Waals surface area contributed by atoms with E-state index in [4.69, 9.17) is 0 Å². The molecule has 1 amide bonds. The maximum atomic E-state index is 12.4. The quantitative estimate of drug-likeness (QED) is 0.772. The van der Waals surface area contributed by atoms with Gasteiger partial charge in [-0.3, -0.25) is 9.48 Å². The Hall–Kier alpha value is -1.36. The lowest BCUT2D eigenvalue weighted by Crippen LogP contribution is -2.34. The molecule has 1 atom stereocenters. The summed E-state index contributed by atoms with van der Waals surface area (Å²) in [5.74, 6) is 0.257. The van der Waals surface area contributed by atoms with Gasteiger partial charge in [0.2, 0.25) is 5.91 Å². The Labute approximate surface area is 127 Å². The van der Waals surface area contributed by atoms with Crippen molar-refractivity contribution in [3.8, 4) is 0 Å². The molecule has 1 aromatic rings. The van der Waals surface area contributed by atoms with Crippen LogP contribution in [0.1, 0.15) is 45.1 Å². The lowest BCUT2D eigenvalue weighted by atomic mass is 10.1. The Morgan fingerprint density at radius 1 is 1.43 bits per heavy atom. The fraction of sp³-hybridized carbons (Fsp3) is 0.750. The van der Waals surface area contributed by atoms with Crippen LogP contribution >= 0.6 is 0 Å². The number of aromatic nitrogens is 2. The molecule has 2 rings (SSSR count). The molecular formula is C16H28N4O. The van der Waals surface area contributed by atoms with Crippen molar-refractivity contribution in [2.24, 2.45) is 7.05 Å². The van der Waals surface area contributed by atoms with E-state index in [1.165, 1.54) is 25.9 Å². The van der Waals surface area contributed by atoms with Crippen LogP contribution in [0.3, 0.4) is 0 Å². The van der Waals surface area contributed by atoms with Gasteiger partial charge in [0, 0.05) is 44.4 Å². The van der Waals surface area contributed by atoms with Gasteiger partial charge in [-0.15, -0.1) is 0 Å². The van der Waals surface area contributed by atoms with Gasteiger partial charge in [-0.25, -0.2) is 0 Å². The second kappa shape index (κ2) is 7.59. The summed E-state index contributed by atoms with van der Waals surface area (Å²) >= 11 is 0. The average Bonchev–Trinajstić information content (AvgIpc) is 3.13. The first-order valence-electron chi connectivity index (χ1n) is 8.09. The lowest BCUT2D eigenvalue weighted by molar-refractivity contribution is -0.132. The number of amides is 1. The van der Waals surface area contributed by atoms with Crippen LogP contribution in [0.25, 0.3) is 0 Å². The van der Waals surface area contributed by atoms with Crippen molar-refractivity contribution in [1.82, 2.24) is 19.6 Å². The molecule has 0 bridgehead atoms. The molecule has 0 aliphatic carbocycles. The van der Waals surface area contributed by atoms with Gasteiger partial charge in [0.25, 0.3) is 0 Å². The number of nitrogens with zero attached hydrogens (tertiary/aromatic N) is 4. The molecule has 5 heteroatoms. The molecule has 1 saturated heterocycles. The molecule has 2 heterocycles. The van der Waals surface area contributed by atoms with E-state index < -0.39 is 0 Å². The van der Waals surface area contributed by atoms with Gasteiger partial charge in [0.05, 0.1) is 6.20 Å². The summed E-state index contributed by atoms with van der Waals surface area (Å²) in [6.07, 6.45) is 8.03. The summed E-state index contributed by atoms with van der Waals surface area (Å²) in [5.41, 5.74) is 1.10. The van der Waals surface area contributed by atoms with Crippen LogP contribution in [-0.4, -0.2) is 51.2 Å². The van der Waals surface area contributed by atoms with Crippen LogP contribution in [0.2, 0.25) is 0 Å². The molecule has 0 spiro atoms.